The number of carbonyl (C=O) groups is 3. The van der Waals surface area contributed by atoms with Gasteiger partial charge in [0.1, 0.15) is 22.0 Å². The van der Waals surface area contributed by atoms with Gasteiger partial charge in [-0.15, -0.1) is 0 Å². The van der Waals surface area contributed by atoms with E-state index in [1.165, 1.54) is 6.21 Å². The number of hydrogen-bond donors (Lipinski definition) is 7. The molecule has 2 aromatic carbocycles. The van der Waals surface area contributed by atoms with Gasteiger partial charge in [-0.05, 0) is 71.3 Å². The molecule has 6 aromatic rings. The van der Waals surface area contributed by atoms with E-state index in [1.54, 1.807) is 55.3 Å². The van der Waals surface area contributed by atoms with Crippen molar-refractivity contribution < 1.29 is 14.4 Å². The number of halogens is 4. The van der Waals surface area contributed by atoms with E-state index in [1.807, 2.05) is 66.7 Å². The van der Waals surface area contributed by atoms with E-state index in [4.69, 9.17) is 57.1 Å². The van der Waals surface area contributed by atoms with Gasteiger partial charge in [-0.25, -0.2) is 15.0 Å². The molecule has 7 rings (SSSR count). The van der Waals surface area contributed by atoms with Crippen LogP contribution >= 0.6 is 50.7 Å². The number of amides is 3. The van der Waals surface area contributed by atoms with E-state index in [0.717, 1.165) is 44.3 Å². The molecule has 61 heavy (non-hydrogen) atoms. The molecule has 0 radical (unpaired) electrons. The number of allylic oxidation sites excluding steroid dienone is 4. The van der Waals surface area contributed by atoms with E-state index < -0.39 is 11.8 Å². The Bertz CT molecular complexity index is 2620. The third kappa shape index (κ3) is 14.6. The van der Waals surface area contributed by atoms with Crippen molar-refractivity contribution in [2.75, 3.05) is 23.7 Å². The highest BCUT2D eigenvalue weighted by molar-refractivity contribution is 9.09. The molecule has 0 saturated heterocycles. The Balaban J connectivity index is 0.000000191. The van der Waals surface area contributed by atoms with Crippen LogP contribution in [0.2, 0.25) is 15.5 Å². The fourth-order valence-corrected chi connectivity index (χ4v) is 5.96. The van der Waals surface area contributed by atoms with Crippen LogP contribution in [0.25, 0.3) is 38.7 Å². The Kier molecular flexibility index (Phi) is 18.4. The smallest absolute Gasteiger partial charge is 0.239 e. The van der Waals surface area contributed by atoms with Gasteiger partial charge in [-0.2, -0.15) is 5.10 Å². The largest absolute Gasteiger partial charge is 0.376 e. The summed E-state index contributed by atoms with van der Waals surface area (Å²) in [5.74, 6) is -1.55. The number of aliphatic imine (C=N–C) groups is 1. The molecule has 312 valence electrons. The molecule has 1 atom stereocenters. The van der Waals surface area contributed by atoms with Crippen LogP contribution in [-0.4, -0.2) is 79.4 Å². The van der Waals surface area contributed by atoms with Crippen LogP contribution in [0.4, 0.5) is 5.69 Å². The highest BCUT2D eigenvalue weighted by atomic mass is 79.9. The predicted molar refractivity (Wildman–Crippen MR) is 248 cm³/mol. The second-order valence-electron chi connectivity index (χ2n) is 12.5. The molecule has 0 spiro atoms. The van der Waals surface area contributed by atoms with Crippen molar-refractivity contribution >= 4 is 109 Å². The van der Waals surface area contributed by atoms with Crippen molar-refractivity contribution in [2.45, 2.75) is 0 Å². The second-order valence-corrected chi connectivity index (χ2v) is 14.1. The average Bonchev–Trinajstić information content (AvgIpc) is 3.73. The van der Waals surface area contributed by atoms with Crippen LogP contribution in [0.5, 0.6) is 0 Å². The molecule has 4 heterocycles. The molecule has 1 aliphatic carbocycles. The zero-order valence-electron chi connectivity index (χ0n) is 32.0. The third-order valence-electron chi connectivity index (χ3n) is 8.11. The maximum atomic E-state index is 10.9. The first-order valence-electron chi connectivity index (χ1n) is 17.8. The molecular formula is C42H38BrCl3N12O3. The van der Waals surface area contributed by atoms with Crippen molar-refractivity contribution in [2.24, 2.45) is 28.1 Å². The summed E-state index contributed by atoms with van der Waals surface area (Å²) in [6, 6.07) is 22.6. The molecule has 4 aromatic heterocycles. The Morgan fingerprint density at radius 3 is 1.92 bits per heavy atom. The van der Waals surface area contributed by atoms with Gasteiger partial charge in [-0.1, -0.05) is 87.2 Å². The van der Waals surface area contributed by atoms with Crippen LogP contribution < -0.4 is 22.5 Å². The summed E-state index contributed by atoms with van der Waals surface area (Å²) in [4.78, 5) is 47.0. The molecule has 10 N–H and O–H groups in total. The van der Waals surface area contributed by atoms with Gasteiger partial charge in [-0.3, -0.25) is 24.5 Å². The summed E-state index contributed by atoms with van der Waals surface area (Å²) in [7, 11) is 0. The van der Waals surface area contributed by atoms with E-state index >= 15 is 0 Å². The van der Waals surface area contributed by atoms with E-state index in [0.29, 0.717) is 32.4 Å². The number of fused-ring (bicyclic) bond motifs is 1. The lowest BCUT2D eigenvalue weighted by Crippen LogP contribution is -2.22. The Hall–Kier alpha value is -6.59. The minimum atomic E-state index is -0.494. The standard InChI is InChI=1S/2C14H13ClN4O.C12H8ClN3.C2H4BrNO/c15-14-11(2-1-5-19-14)9-3-4-10(12(16)6-9)7-18-8-13(17)20;15-14-11(2-1-5-18-14)9-3-4-10(7-16)12(6-9)19-8-13(17)20;13-12-10(2-1-5-14-12)8-3-4-9-7-15-16-11(9)6-8;3-1-2(4)5/h1-7,10,16H,8H2,(H2,17,20);1-7,16,19H,8H2,(H2,17,20);1-7H,(H,15,16);1H2,(H2,4,5). The Morgan fingerprint density at radius 2 is 1.39 bits per heavy atom. The fraction of sp³-hybridized carbons (Fsp3) is 0.0952. The Morgan fingerprint density at radius 1 is 0.820 bits per heavy atom. The van der Waals surface area contributed by atoms with Crippen LogP contribution in [0.3, 0.4) is 0 Å². The number of carbonyl (C=O) groups excluding carboxylic acids is 3. The van der Waals surface area contributed by atoms with Gasteiger partial charge >= 0.3 is 0 Å². The monoisotopic (exact) mass is 942 g/mol. The maximum Gasteiger partial charge on any atom is 0.239 e. The molecule has 0 fully saturated rings. The SMILES string of the molecule is Clc1ncccc1-c1ccc2cn[nH]c2c1.N=C1C=C(c2cccnc2Cl)C=CC1C=NCC(N)=O.N=Cc1ccc(-c2cccnc2Cl)cc1NCC(N)=O.NC(=O)CBr. The number of hydrogen-bond acceptors (Lipinski definition) is 11. The summed E-state index contributed by atoms with van der Waals surface area (Å²) in [5.41, 5.74) is 22.6. The summed E-state index contributed by atoms with van der Waals surface area (Å²) >= 11 is 21.0. The first kappa shape index (κ1) is 47.1. The summed E-state index contributed by atoms with van der Waals surface area (Å²) in [6.07, 6.45) is 14.9. The van der Waals surface area contributed by atoms with Crippen LogP contribution in [0, 0.1) is 16.7 Å². The Labute approximate surface area is 373 Å². The number of primary amides is 3. The molecular weight excluding hydrogens is 907 g/mol. The lowest BCUT2D eigenvalue weighted by atomic mass is 9.93. The second kappa shape index (κ2) is 23.9. The average molecular weight is 945 g/mol. The lowest BCUT2D eigenvalue weighted by Gasteiger charge is -2.14. The van der Waals surface area contributed by atoms with Crippen LogP contribution in [0.15, 0.2) is 121 Å². The maximum absolute atomic E-state index is 10.9. The highest BCUT2D eigenvalue weighted by Crippen LogP contribution is 2.30. The van der Waals surface area contributed by atoms with Crippen LogP contribution in [0.1, 0.15) is 11.1 Å². The molecule has 1 aliphatic rings. The zero-order chi connectivity index (χ0) is 44.3. The molecule has 1 unspecified atom stereocenters. The normalized spacial score (nSPS) is 12.8. The number of anilines is 1. The minimum absolute atomic E-state index is 0.00502. The number of rotatable bonds is 11. The number of aromatic nitrogens is 5. The molecule has 0 bridgehead atoms. The van der Waals surface area contributed by atoms with Gasteiger partial charge in [0.25, 0.3) is 0 Å². The molecule has 0 saturated carbocycles. The number of benzene rings is 2. The van der Waals surface area contributed by atoms with E-state index in [-0.39, 0.29) is 30.2 Å². The van der Waals surface area contributed by atoms with Crippen molar-refractivity contribution in [3.8, 4) is 22.3 Å². The van der Waals surface area contributed by atoms with Gasteiger partial charge in [0, 0.05) is 70.1 Å². The number of H-pyrrole nitrogens is 1. The summed E-state index contributed by atoms with van der Waals surface area (Å²) in [6.45, 7) is -0.0618. The van der Waals surface area contributed by atoms with Crippen molar-refractivity contribution in [1.29, 1.82) is 10.8 Å². The van der Waals surface area contributed by atoms with E-state index in [9.17, 15) is 14.4 Å². The molecule has 15 nitrogen and oxygen atoms in total. The van der Waals surface area contributed by atoms with E-state index in [2.05, 4.69) is 57.1 Å². The van der Waals surface area contributed by atoms with Crippen LogP contribution in [-0.2, 0) is 14.4 Å². The zero-order valence-corrected chi connectivity index (χ0v) is 35.9. The topological polar surface area (TPSA) is 269 Å². The number of nitrogens with two attached hydrogens (primary N) is 3. The highest BCUT2D eigenvalue weighted by Gasteiger charge is 2.15. The number of nitrogens with one attached hydrogen (secondary N) is 4. The minimum Gasteiger partial charge on any atom is -0.376 e. The first-order chi connectivity index (χ1) is 29.3. The van der Waals surface area contributed by atoms with Gasteiger partial charge in [0.2, 0.25) is 17.7 Å². The predicted octanol–water partition coefficient (Wildman–Crippen LogP) is 7.32. The number of pyridine rings is 3. The number of alkyl halides is 1. The number of nitrogens with zero attached hydrogens (tertiary/aromatic N) is 5. The molecule has 19 heteroatoms. The fourth-order valence-electron chi connectivity index (χ4n) is 5.27. The number of aromatic amines is 1. The summed E-state index contributed by atoms with van der Waals surface area (Å²) in [5, 5.41) is 27.8. The van der Waals surface area contributed by atoms with Gasteiger partial charge < -0.3 is 33.3 Å². The third-order valence-corrected chi connectivity index (χ3v) is 9.57. The first-order valence-corrected chi connectivity index (χ1v) is 20.1. The van der Waals surface area contributed by atoms with Crippen molar-refractivity contribution in [1.82, 2.24) is 25.1 Å². The summed E-state index contributed by atoms with van der Waals surface area (Å²) < 4.78 is 0. The van der Waals surface area contributed by atoms with Gasteiger partial charge in [0.05, 0.1) is 29.5 Å². The lowest BCUT2D eigenvalue weighted by molar-refractivity contribution is -0.117. The molecule has 3 amide bonds. The van der Waals surface area contributed by atoms with Crippen molar-refractivity contribution in [3.63, 3.8) is 0 Å². The molecule has 0 aliphatic heterocycles. The van der Waals surface area contributed by atoms with Gasteiger partial charge in [0.15, 0.2) is 0 Å². The quantitative estimate of drug-likeness (QED) is 0.0392. The van der Waals surface area contributed by atoms with Crippen molar-refractivity contribution in [3.05, 3.63) is 142 Å².